The summed E-state index contributed by atoms with van der Waals surface area (Å²) in [6.07, 6.45) is 0. The summed E-state index contributed by atoms with van der Waals surface area (Å²) >= 11 is 0. The van der Waals surface area contributed by atoms with Crippen molar-refractivity contribution >= 4 is 33.0 Å². The molecule has 0 aliphatic heterocycles. The first-order valence-electron chi connectivity index (χ1n) is 8.69. The van der Waals surface area contributed by atoms with Crippen molar-refractivity contribution in [3.63, 3.8) is 0 Å². The van der Waals surface area contributed by atoms with Gasteiger partial charge in [0.05, 0.1) is 11.4 Å². The van der Waals surface area contributed by atoms with Gasteiger partial charge >= 0.3 is 0 Å². The smallest absolute Gasteiger partial charge is 0.0654 e. The molecular weight excluding hydrogens is 316 g/mol. The van der Waals surface area contributed by atoms with E-state index < -0.39 is 0 Å². The highest BCUT2D eigenvalue weighted by molar-refractivity contribution is 6.09. The molecule has 126 valence electrons. The molecule has 1 N–H and O–H groups in total. The standard InChI is InChI=1S/C24H20N2/c1-17(21-15-7-11-19-9-3-5-13-23(19)21)25-26-18(2)22-16-8-12-20-10-4-6-14-24(20)22/h3-16,25H,1H2,2H3/b26-18+. The van der Waals surface area contributed by atoms with Crippen molar-refractivity contribution in [2.24, 2.45) is 5.10 Å². The van der Waals surface area contributed by atoms with Crippen LogP contribution in [0.1, 0.15) is 18.1 Å². The first-order chi connectivity index (χ1) is 12.7. The number of hydrazone groups is 1. The molecule has 0 fully saturated rings. The molecule has 26 heavy (non-hydrogen) atoms. The molecule has 2 nitrogen and oxygen atoms in total. The number of nitrogens with one attached hydrogen (secondary N) is 1. The van der Waals surface area contributed by atoms with Crippen LogP contribution in [0.25, 0.3) is 27.2 Å². The van der Waals surface area contributed by atoms with Gasteiger partial charge in [0.2, 0.25) is 0 Å². The van der Waals surface area contributed by atoms with Gasteiger partial charge in [-0.25, -0.2) is 0 Å². The van der Waals surface area contributed by atoms with E-state index >= 15 is 0 Å². The summed E-state index contributed by atoms with van der Waals surface area (Å²) in [5.74, 6) is 0. The van der Waals surface area contributed by atoms with Gasteiger partial charge < -0.3 is 0 Å². The van der Waals surface area contributed by atoms with Crippen LogP contribution in [-0.4, -0.2) is 5.71 Å². The predicted octanol–water partition coefficient (Wildman–Crippen LogP) is 5.98. The van der Waals surface area contributed by atoms with Crippen LogP contribution in [0.4, 0.5) is 0 Å². The first kappa shape index (κ1) is 16.1. The molecule has 2 heteroatoms. The van der Waals surface area contributed by atoms with E-state index in [1.54, 1.807) is 0 Å². The normalized spacial score (nSPS) is 11.7. The molecule has 4 aromatic rings. The maximum atomic E-state index is 4.59. The Morgan fingerprint density at radius 2 is 1.19 bits per heavy atom. The summed E-state index contributed by atoms with van der Waals surface area (Å²) in [6.45, 7) is 6.20. The van der Waals surface area contributed by atoms with Crippen LogP contribution in [0.15, 0.2) is 96.6 Å². The van der Waals surface area contributed by atoms with E-state index in [0.717, 1.165) is 22.5 Å². The zero-order valence-corrected chi connectivity index (χ0v) is 14.7. The molecule has 0 atom stereocenters. The van der Waals surface area contributed by atoms with E-state index in [0.29, 0.717) is 0 Å². The number of rotatable bonds is 4. The molecule has 0 unspecified atom stereocenters. The lowest BCUT2D eigenvalue weighted by Crippen LogP contribution is -2.08. The van der Waals surface area contributed by atoms with E-state index in [4.69, 9.17) is 0 Å². The molecule has 4 aromatic carbocycles. The van der Waals surface area contributed by atoms with Crippen molar-refractivity contribution in [1.29, 1.82) is 0 Å². The van der Waals surface area contributed by atoms with Gasteiger partial charge in [-0.2, -0.15) is 5.10 Å². The molecule has 0 amide bonds. The molecule has 0 aliphatic rings. The van der Waals surface area contributed by atoms with Crippen LogP contribution >= 0.6 is 0 Å². The number of hydrogen-bond acceptors (Lipinski definition) is 2. The molecule has 0 aliphatic carbocycles. The van der Waals surface area contributed by atoms with Crippen LogP contribution in [0.5, 0.6) is 0 Å². The molecule has 0 radical (unpaired) electrons. The lowest BCUT2D eigenvalue weighted by atomic mass is 10.0. The minimum absolute atomic E-state index is 0.793. The van der Waals surface area contributed by atoms with Crippen LogP contribution in [0, 0.1) is 0 Å². The van der Waals surface area contributed by atoms with Gasteiger partial charge in [0.25, 0.3) is 0 Å². The number of nitrogens with zero attached hydrogens (tertiary/aromatic N) is 1. The van der Waals surface area contributed by atoms with Crippen LogP contribution in [0.2, 0.25) is 0 Å². The second kappa shape index (κ2) is 6.85. The highest BCUT2D eigenvalue weighted by Gasteiger charge is 2.06. The third-order valence-corrected chi connectivity index (χ3v) is 4.65. The number of fused-ring (bicyclic) bond motifs is 2. The Labute approximate surface area is 153 Å². The monoisotopic (exact) mass is 336 g/mol. The summed E-state index contributed by atoms with van der Waals surface area (Å²) in [7, 11) is 0. The Kier molecular flexibility index (Phi) is 4.24. The fraction of sp³-hybridized carbons (Fsp3) is 0.0417. The Morgan fingerprint density at radius 1 is 0.692 bits per heavy atom. The Hall–Kier alpha value is -3.39. The minimum Gasteiger partial charge on any atom is -0.278 e. The predicted molar refractivity (Wildman–Crippen MR) is 112 cm³/mol. The fourth-order valence-corrected chi connectivity index (χ4v) is 3.30. The van der Waals surface area contributed by atoms with Crippen LogP contribution in [0.3, 0.4) is 0 Å². The maximum Gasteiger partial charge on any atom is 0.0654 e. The van der Waals surface area contributed by atoms with Gasteiger partial charge in [0.1, 0.15) is 0 Å². The summed E-state index contributed by atoms with van der Waals surface area (Å²) in [5, 5.41) is 9.38. The number of benzene rings is 4. The van der Waals surface area contributed by atoms with Gasteiger partial charge in [-0.15, -0.1) is 0 Å². The van der Waals surface area contributed by atoms with Crippen LogP contribution < -0.4 is 5.43 Å². The van der Waals surface area contributed by atoms with Gasteiger partial charge in [0, 0.05) is 11.1 Å². The molecule has 0 saturated carbocycles. The maximum absolute atomic E-state index is 4.59. The lowest BCUT2D eigenvalue weighted by molar-refractivity contribution is 0.994. The SMILES string of the molecule is C=C(N/N=C(\C)c1cccc2ccccc12)c1cccc2ccccc12. The largest absolute Gasteiger partial charge is 0.278 e. The molecule has 4 rings (SSSR count). The van der Waals surface area contributed by atoms with E-state index in [2.05, 4.69) is 83.8 Å². The van der Waals surface area contributed by atoms with Crippen molar-refractivity contribution < 1.29 is 0 Å². The molecule has 0 bridgehead atoms. The van der Waals surface area contributed by atoms with E-state index in [1.807, 2.05) is 25.1 Å². The Bertz CT molecular complexity index is 1130. The quantitative estimate of drug-likeness (QED) is 0.360. The highest BCUT2D eigenvalue weighted by Crippen LogP contribution is 2.23. The molecule has 0 heterocycles. The fourth-order valence-electron chi connectivity index (χ4n) is 3.30. The summed E-state index contributed by atoms with van der Waals surface area (Å²) < 4.78 is 0. The van der Waals surface area contributed by atoms with Crippen molar-refractivity contribution in [2.45, 2.75) is 6.92 Å². The zero-order valence-electron chi connectivity index (χ0n) is 14.7. The van der Waals surface area contributed by atoms with Crippen LogP contribution in [-0.2, 0) is 0 Å². The van der Waals surface area contributed by atoms with Gasteiger partial charge in [-0.1, -0.05) is 91.5 Å². The molecular formula is C24H20N2. The lowest BCUT2D eigenvalue weighted by Gasteiger charge is -2.11. The third-order valence-electron chi connectivity index (χ3n) is 4.65. The Balaban J connectivity index is 1.65. The van der Waals surface area contributed by atoms with Gasteiger partial charge in [-0.3, -0.25) is 5.43 Å². The van der Waals surface area contributed by atoms with Crippen molar-refractivity contribution in [3.8, 4) is 0 Å². The summed E-state index contributed by atoms with van der Waals surface area (Å²) in [5.41, 5.74) is 7.07. The molecule has 0 spiro atoms. The van der Waals surface area contributed by atoms with E-state index in [-0.39, 0.29) is 0 Å². The van der Waals surface area contributed by atoms with Crippen molar-refractivity contribution in [1.82, 2.24) is 5.43 Å². The summed E-state index contributed by atoms with van der Waals surface area (Å²) in [4.78, 5) is 0. The molecule has 0 saturated heterocycles. The zero-order chi connectivity index (χ0) is 17.9. The second-order valence-electron chi connectivity index (χ2n) is 6.34. The van der Waals surface area contributed by atoms with Gasteiger partial charge in [0.15, 0.2) is 0 Å². The average Bonchev–Trinajstić information content (AvgIpc) is 2.71. The molecule has 0 aromatic heterocycles. The van der Waals surface area contributed by atoms with Crippen molar-refractivity contribution in [2.75, 3.05) is 0 Å². The highest BCUT2D eigenvalue weighted by atomic mass is 15.3. The average molecular weight is 336 g/mol. The second-order valence-corrected chi connectivity index (χ2v) is 6.34. The minimum atomic E-state index is 0.793. The first-order valence-corrected chi connectivity index (χ1v) is 8.69. The third kappa shape index (κ3) is 2.98. The van der Waals surface area contributed by atoms with E-state index in [1.165, 1.54) is 21.5 Å². The Morgan fingerprint density at radius 3 is 1.85 bits per heavy atom. The number of hydrogen-bond donors (Lipinski definition) is 1. The van der Waals surface area contributed by atoms with E-state index in [9.17, 15) is 0 Å². The topological polar surface area (TPSA) is 24.4 Å². The van der Waals surface area contributed by atoms with Gasteiger partial charge in [-0.05, 0) is 28.5 Å². The van der Waals surface area contributed by atoms with Crippen molar-refractivity contribution in [3.05, 3.63) is 103 Å². The summed E-state index contributed by atoms with van der Waals surface area (Å²) in [6, 6.07) is 29.2.